The van der Waals surface area contributed by atoms with Crippen LogP contribution in [-0.2, 0) is 21.1 Å². The van der Waals surface area contributed by atoms with E-state index < -0.39 is 28.8 Å². The molecule has 1 aliphatic heterocycles. The molecule has 0 atom stereocenters. The lowest BCUT2D eigenvalue weighted by molar-refractivity contribution is -0.137. The van der Waals surface area contributed by atoms with Crippen molar-refractivity contribution in [3.05, 3.63) is 35.4 Å². The second-order valence-electron chi connectivity index (χ2n) is 7.69. The lowest BCUT2D eigenvalue weighted by atomic mass is 9.70. The number of ether oxygens (including phenoxy) is 1. The Labute approximate surface area is 151 Å². The summed E-state index contributed by atoms with van der Waals surface area (Å²) in [4.78, 5) is 25.0. The minimum absolute atomic E-state index is 0.209. The summed E-state index contributed by atoms with van der Waals surface area (Å²) in [6.07, 6.45) is -2.81. The maximum Gasteiger partial charge on any atom is 0.416 e. The van der Waals surface area contributed by atoms with Crippen molar-refractivity contribution >= 4 is 12.4 Å². The van der Waals surface area contributed by atoms with Crippen LogP contribution in [-0.4, -0.2) is 36.0 Å². The maximum absolute atomic E-state index is 12.8. The number of rotatable bonds is 3. The van der Waals surface area contributed by atoms with Gasteiger partial charge in [0.1, 0.15) is 11.9 Å². The normalized spacial score (nSPS) is 17.7. The van der Waals surface area contributed by atoms with Crippen LogP contribution in [0.4, 0.5) is 18.0 Å². The molecular formula is C19H24F3NO3. The summed E-state index contributed by atoms with van der Waals surface area (Å²) in [6.45, 7) is 6.14. The van der Waals surface area contributed by atoms with Gasteiger partial charge in [-0.2, -0.15) is 13.2 Å². The van der Waals surface area contributed by atoms with Gasteiger partial charge in [0.15, 0.2) is 0 Å². The Bertz CT molecular complexity index is 639. The number of piperidine rings is 1. The molecule has 1 heterocycles. The first-order chi connectivity index (χ1) is 12.0. The smallest absolute Gasteiger partial charge is 0.416 e. The zero-order chi connectivity index (χ0) is 19.6. The molecule has 26 heavy (non-hydrogen) atoms. The third kappa shape index (κ3) is 4.77. The standard InChI is InChI=1S/C19H24F3NO3/c1-17(2,3)26-16(25)23-11-8-18(9-12-23,10-13-24)14-4-6-15(7-5-14)19(20,21)22/h4-7,13H,8-12H2,1-3H3. The SMILES string of the molecule is CC(C)(C)OC(=O)N1CCC(CC=O)(c2ccc(C(F)(F)F)cc2)CC1. The Balaban J connectivity index is 2.15. The summed E-state index contributed by atoms with van der Waals surface area (Å²) in [5.41, 5.74) is -1.16. The van der Waals surface area contributed by atoms with Crippen molar-refractivity contribution < 1.29 is 27.5 Å². The topological polar surface area (TPSA) is 46.6 Å². The number of carbonyl (C=O) groups excluding carboxylic acids is 2. The van der Waals surface area contributed by atoms with Crippen LogP contribution >= 0.6 is 0 Å². The monoisotopic (exact) mass is 371 g/mol. The van der Waals surface area contributed by atoms with E-state index in [1.54, 1.807) is 25.7 Å². The van der Waals surface area contributed by atoms with E-state index >= 15 is 0 Å². The van der Waals surface area contributed by atoms with Crippen LogP contribution in [0.5, 0.6) is 0 Å². The molecule has 1 aliphatic rings. The van der Waals surface area contributed by atoms with Crippen molar-refractivity contribution in [3.63, 3.8) is 0 Å². The molecule has 0 radical (unpaired) electrons. The highest BCUT2D eigenvalue weighted by atomic mass is 19.4. The zero-order valence-corrected chi connectivity index (χ0v) is 15.2. The van der Waals surface area contributed by atoms with Gasteiger partial charge < -0.3 is 14.4 Å². The molecule has 0 N–H and O–H groups in total. The van der Waals surface area contributed by atoms with Crippen molar-refractivity contribution in [2.75, 3.05) is 13.1 Å². The molecule has 0 spiro atoms. The van der Waals surface area contributed by atoms with Crippen LogP contribution in [0.3, 0.4) is 0 Å². The molecule has 1 aromatic rings. The average Bonchev–Trinajstić information content (AvgIpc) is 2.53. The average molecular weight is 371 g/mol. The third-order valence-corrected chi connectivity index (χ3v) is 4.67. The Morgan fingerprint density at radius 2 is 1.69 bits per heavy atom. The number of hydrogen-bond donors (Lipinski definition) is 0. The van der Waals surface area contributed by atoms with Gasteiger partial charge in [0.25, 0.3) is 0 Å². The van der Waals surface area contributed by atoms with Crippen molar-refractivity contribution in [2.24, 2.45) is 0 Å². The quantitative estimate of drug-likeness (QED) is 0.732. The van der Waals surface area contributed by atoms with E-state index in [0.29, 0.717) is 31.5 Å². The summed E-state index contributed by atoms with van der Waals surface area (Å²) < 4.78 is 43.7. The van der Waals surface area contributed by atoms with Crippen LogP contribution in [0.25, 0.3) is 0 Å². The molecule has 1 amide bonds. The van der Waals surface area contributed by atoms with Gasteiger partial charge >= 0.3 is 12.3 Å². The van der Waals surface area contributed by atoms with Gasteiger partial charge in [0.05, 0.1) is 5.56 Å². The van der Waals surface area contributed by atoms with Gasteiger partial charge in [-0.15, -0.1) is 0 Å². The van der Waals surface area contributed by atoms with Gasteiger partial charge in [-0.3, -0.25) is 0 Å². The number of amides is 1. The summed E-state index contributed by atoms with van der Waals surface area (Å²) in [5.74, 6) is 0. The lowest BCUT2D eigenvalue weighted by Crippen LogP contribution is -2.47. The summed E-state index contributed by atoms with van der Waals surface area (Å²) >= 11 is 0. The van der Waals surface area contributed by atoms with Crippen LogP contribution in [0.15, 0.2) is 24.3 Å². The highest BCUT2D eigenvalue weighted by Gasteiger charge is 2.39. The minimum atomic E-state index is -4.39. The van der Waals surface area contributed by atoms with Gasteiger partial charge in [-0.25, -0.2) is 4.79 Å². The van der Waals surface area contributed by atoms with Crippen LogP contribution in [0.2, 0.25) is 0 Å². The van der Waals surface area contributed by atoms with Crippen molar-refractivity contribution in [1.29, 1.82) is 0 Å². The van der Waals surface area contributed by atoms with Crippen LogP contribution in [0, 0.1) is 0 Å². The van der Waals surface area contributed by atoms with E-state index in [-0.39, 0.29) is 6.42 Å². The van der Waals surface area contributed by atoms with E-state index in [1.807, 2.05) is 0 Å². The molecule has 0 aliphatic carbocycles. The first kappa shape index (κ1) is 20.3. The number of benzene rings is 1. The Hall–Kier alpha value is -2.05. The fourth-order valence-corrected chi connectivity index (χ4v) is 3.23. The second kappa shape index (κ2) is 7.29. The molecule has 0 aromatic heterocycles. The molecule has 0 saturated carbocycles. The number of carbonyl (C=O) groups is 2. The van der Waals surface area contributed by atoms with Gasteiger partial charge in [-0.05, 0) is 51.3 Å². The largest absolute Gasteiger partial charge is 0.444 e. The number of nitrogens with zero attached hydrogens (tertiary/aromatic N) is 1. The van der Waals surface area contributed by atoms with Crippen molar-refractivity contribution in [1.82, 2.24) is 4.90 Å². The lowest BCUT2D eigenvalue weighted by Gasteiger charge is -2.41. The first-order valence-electron chi connectivity index (χ1n) is 8.56. The van der Waals surface area contributed by atoms with E-state index in [9.17, 15) is 22.8 Å². The second-order valence-corrected chi connectivity index (χ2v) is 7.69. The molecule has 1 saturated heterocycles. The highest BCUT2D eigenvalue weighted by Crippen LogP contribution is 2.39. The molecule has 1 fully saturated rings. The fraction of sp³-hybridized carbons (Fsp3) is 0.579. The predicted molar refractivity (Wildman–Crippen MR) is 90.8 cm³/mol. The number of likely N-dealkylation sites (tertiary alicyclic amines) is 1. The molecule has 1 aromatic carbocycles. The Kier molecular flexibility index (Phi) is 5.68. The molecular weight excluding hydrogens is 347 g/mol. The highest BCUT2D eigenvalue weighted by molar-refractivity contribution is 5.68. The van der Waals surface area contributed by atoms with E-state index in [2.05, 4.69) is 0 Å². The van der Waals surface area contributed by atoms with E-state index in [1.165, 1.54) is 12.1 Å². The number of aldehydes is 1. The minimum Gasteiger partial charge on any atom is -0.444 e. The molecule has 0 bridgehead atoms. The zero-order valence-electron chi connectivity index (χ0n) is 15.2. The Morgan fingerprint density at radius 3 is 2.12 bits per heavy atom. The number of hydrogen-bond acceptors (Lipinski definition) is 3. The molecule has 144 valence electrons. The summed E-state index contributed by atoms with van der Waals surface area (Å²) in [7, 11) is 0. The van der Waals surface area contributed by atoms with Crippen molar-refractivity contribution in [2.45, 2.75) is 57.2 Å². The van der Waals surface area contributed by atoms with Crippen molar-refractivity contribution in [3.8, 4) is 0 Å². The maximum atomic E-state index is 12.8. The van der Waals surface area contributed by atoms with E-state index in [0.717, 1.165) is 18.4 Å². The molecule has 0 unspecified atom stereocenters. The molecule has 4 nitrogen and oxygen atoms in total. The number of alkyl halides is 3. The van der Waals surface area contributed by atoms with Crippen LogP contribution in [0.1, 0.15) is 51.2 Å². The van der Waals surface area contributed by atoms with E-state index in [4.69, 9.17) is 4.74 Å². The van der Waals surface area contributed by atoms with Gasteiger partial charge in [0.2, 0.25) is 0 Å². The third-order valence-electron chi connectivity index (χ3n) is 4.67. The van der Waals surface area contributed by atoms with Crippen LogP contribution < -0.4 is 0 Å². The number of halogens is 3. The molecule has 2 rings (SSSR count). The fourth-order valence-electron chi connectivity index (χ4n) is 3.23. The predicted octanol–water partition coefficient (Wildman–Crippen LogP) is 4.56. The first-order valence-corrected chi connectivity index (χ1v) is 8.56. The summed E-state index contributed by atoms with van der Waals surface area (Å²) in [6, 6.07) is 4.97. The molecule has 7 heteroatoms. The van der Waals surface area contributed by atoms with Gasteiger partial charge in [-0.1, -0.05) is 12.1 Å². The van der Waals surface area contributed by atoms with Gasteiger partial charge in [0, 0.05) is 24.9 Å². The Morgan fingerprint density at radius 1 is 1.15 bits per heavy atom. The summed E-state index contributed by atoms with van der Waals surface area (Å²) in [5, 5.41) is 0.